The van der Waals surface area contributed by atoms with Crippen molar-refractivity contribution >= 4 is 38.5 Å². The van der Waals surface area contributed by atoms with Gasteiger partial charge in [-0.3, -0.25) is 0 Å². The van der Waals surface area contributed by atoms with Crippen molar-refractivity contribution in [2.45, 2.75) is 51.5 Å². The lowest BCUT2D eigenvalue weighted by molar-refractivity contribution is 0.412. The van der Waals surface area contributed by atoms with Crippen LogP contribution in [-0.2, 0) is 12.8 Å². The van der Waals surface area contributed by atoms with Crippen molar-refractivity contribution in [1.82, 2.24) is 4.57 Å². The third kappa shape index (κ3) is 4.25. The molecule has 3 aliphatic carbocycles. The smallest absolute Gasteiger partial charge is 0.135 e. The van der Waals surface area contributed by atoms with Gasteiger partial charge in [-0.05, 0) is 66.6 Å². The Morgan fingerprint density at radius 3 is 2.32 bits per heavy atom. The van der Waals surface area contributed by atoms with E-state index in [9.17, 15) is 5.26 Å². The molecule has 0 bridgehead atoms. The van der Waals surface area contributed by atoms with E-state index < -0.39 is 0 Å². The molecule has 5 aromatic carbocycles. The molecule has 4 aliphatic rings. The molecule has 4 atom stereocenters. The van der Waals surface area contributed by atoms with Gasteiger partial charge in [0.25, 0.3) is 0 Å². The van der Waals surface area contributed by atoms with Gasteiger partial charge < -0.3 is 18.3 Å². The van der Waals surface area contributed by atoms with E-state index in [0.29, 0.717) is 17.4 Å². The lowest BCUT2D eigenvalue weighted by Gasteiger charge is -2.37. The summed E-state index contributed by atoms with van der Waals surface area (Å²) < 4.78 is 15.7. The number of hydrogen-bond donors (Lipinski definition) is 0. The van der Waals surface area contributed by atoms with Crippen molar-refractivity contribution in [2.24, 2.45) is 11.8 Å². The minimum absolute atomic E-state index is 0.104. The number of aromatic nitrogens is 1. The van der Waals surface area contributed by atoms with E-state index in [-0.39, 0.29) is 12.0 Å². The van der Waals surface area contributed by atoms with Crippen LogP contribution in [-0.4, -0.2) is 4.57 Å². The summed E-state index contributed by atoms with van der Waals surface area (Å²) >= 11 is 0. The van der Waals surface area contributed by atoms with Crippen LogP contribution in [0.2, 0.25) is 0 Å². The average molecular weight is 726 g/mol. The molecule has 12 rings (SSSR count). The zero-order valence-electron chi connectivity index (χ0n) is 31.4. The van der Waals surface area contributed by atoms with Gasteiger partial charge in [-0.2, -0.15) is 5.26 Å². The van der Waals surface area contributed by atoms with Crippen LogP contribution < -0.4 is 4.90 Å². The summed E-state index contributed by atoms with van der Waals surface area (Å²) in [4.78, 5) is 2.67. The Morgan fingerprint density at radius 1 is 0.732 bits per heavy atom. The van der Waals surface area contributed by atoms with Gasteiger partial charge in [-0.15, -0.1) is 0 Å². The predicted molar refractivity (Wildman–Crippen MR) is 224 cm³/mol. The molecule has 0 radical (unpaired) electrons. The van der Waals surface area contributed by atoms with E-state index >= 15 is 0 Å². The maximum Gasteiger partial charge on any atom is 0.135 e. The third-order valence-corrected chi connectivity index (χ3v) is 13.1. The normalized spacial score (nSPS) is 20.9. The monoisotopic (exact) mass is 725 g/mol. The molecule has 270 valence electrons. The molecule has 56 heavy (non-hydrogen) atoms. The Morgan fingerprint density at radius 2 is 1.46 bits per heavy atom. The Balaban J connectivity index is 1.15. The first-order chi connectivity index (χ1) is 27.6. The minimum Gasteiger partial charge on any atom is -0.461 e. The number of aryl methyl sites for hydroxylation is 1. The van der Waals surface area contributed by atoms with E-state index in [2.05, 4.69) is 145 Å². The van der Waals surface area contributed by atoms with Gasteiger partial charge in [0.2, 0.25) is 0 Å². The van der Waals surface area contributed by atoms with Crippen molar-refractivity contribution in [1.29, 1.82) is 5.26 Å². The molecule has 3 aromatic heterocycles. The van der Waals surface area contributed by atoms with Crippen LogP contribution >= 0.6 is 0 Å². The maximum absolute atomic E-state index is 11.0. The maximum atomic E-state index is 11.0. The van der Waals surface area contributed by atoms with E-state index in [1.54, 1.807) is 0 Å². The number of rotatable bonds is 3. The first-order valence-corrected chi connectivity index (χ1v) is 20.1. The second kappa shape index (κ2) is 11.7. The molecule has 0 amide bonds. The highest BCUT2D eigenvalue weighted by molar-refractivity contribution is 6.04. The largest absolute Gasteiger partial charge is 0.461 e. The highest BCUT2D eigenvalue weighted by Crippen LogP contribution is 2.58. The first-order valence-electron chi connectivity index (χ1n) is 20.1. The number of allylic oxidation sites excluding steroid dienone is 3. The molecule has 4 heterocycles. The molecule has 5 heteroatoms. The standard InChI is InChI=1S/C51H39N3O2/c1-29-22-23-34-36-24-25-45-46(37-15-5-9-20-43(37)55-45)49(36)53(42(34)26-29)40-18-7-3-13-32(40)35-17-11-12-31(28-52)48(35)54-41-19-8-4-14-33(41)39-27-30(2)51-47(50(39)54)38-16-6-10-21-44(38)56-51/h3-23,29-30,36,49H,24-27H2,1-2H3. The fourth-order valence-corrected chi connectivity index (χ4v) is 10.9. The topological polar surface area (TPSA) is 58.2 Å². The summed E-state index contributed by atoms with van der Waals surface area (Å²) in [5.41, 5.74) is 15.6. The number of fused-ring (bicyclic) bond motifs is 13. The van der Waals surface area contributed by atoms with Crippen molar-refractivity contribution in [3.05, 3.63) is 167 Å². The van der Waals surface area contributed by atoms with Gasteiger partial charge >= 0.3 is 0 Å². The summed E-state index contributed by atoms with van der Waals surface area (Å²) in [6.07, 6.45) is 8.64. The Hall–Kier alpha value is -6.51. The van der Waals surface area contributed by atoms with Crippen LogP contribution in [0.4, 0.5) is 5.69 Å². The quantitative estimate of drug-likeness (QED) is 0.182. The average Bonchev–Trinajstić information content (AvgIpc) is 3.98. The number of nitrogens with zero attached hydrogens (tertiary/aromatic N) is 3. The van der Waals surface area contributed by atoms with Crippen LogP contribution in [0.15, 0.2) is 148 Å². The molecule has 0 fully saturated rings. The summed E-state index contributed by atoms with van der Waals surface area (Å²) in [6.45, 7) is 4.60. The van der Waals surface area contributed by atoms with E-state index in [1.807, 2.05) is 12.1 Å². The number of hydrogen-bond acceptors (Lipinski definition) is 4. The van der Waals surface area contributed by atoms with Crippen LogP contribution in [0, 0.1) is 23.2 Å². The van der Waals surface area contributed by atoms with Gasteiger partial charge in [0.15, 0.2) is 0 Å². The highest BCUT2D eigenvalue weighted by atomic mass is 16.3. The second-order valence-corrected chi connectivity index (χ2v) is 16.3. The van der Waals surface area contributed by atoms with Crippen LogP contribution in [0.5, 0.6) is 0 Å². The van der Waals surface area contributed by atoms with Crippen molar-refractivity contribution in [3.8, 4) is 34.1 Å². The van der Waals surface area contributed by atoms with Gasteiger partial charge in [0.1, 0.15) is 28.8 Å². The molecule has 8 aromatic rings. The predicted octanol–water partition coefficient (Wildman–Crippen LogP) is 13.0. The number of para-hydroxylation sites is 5. The van der Waals surface area contributed by atoms with Crippen molar-refractivity contribution < 1.29 is 8.83 Å². The zero-order chi connectivity index (χ0) is 37.2. The number of nitriles is 1. The minimum atomic E-state index is 0.104. The Labute approximate surface area is 325 Å². The van der Waals surface area contributed by atoms with Crippen LogP contribution in [0.1, 0.15) is 66.9 Å². The molecule has 1 aliphatic heterocycles. The fraction of sp³-hybridized carbons (Fsp3) is 0.196. The van der Waals surface area contributed by atoms with E-state index in [4.69, 9.17) is 8.83 Å². The molecule has 4 unspecified atom stereocenters. The molecular formula is C51H39N3O2. The van der Waals surface area contributed by atoms with Crippen molar-refractivity contribution in [2.75, 3.05) is 4.90 Å². The van der Waals surface area contributed by atoms with Crippen LogP contribution in [0.25, 0.3) is 60.9 Å². The number of furan rings is 2. The van der Waals surface area contributed by atoms with Crippen molar-refractivity contribution in [3.63, 3.8) is 0 Å². The summed E-state index contributed by atoms with van der Waals surface area (Å²) in [6, 6.07) is 43.6. The number of anilines is 1. The summed E-state index contributed by atoms with van der Waals surface area (Å²) in [5, 5.41) is 14.6. The van der Waals surface area contributed by atoms with Crippen LogP contribution in [0.3, 0.4) is 0 Å². The molecular weight excluding hydrogens is 687 g/mol. The molecule has 0 saturated heterocycles. The van der Waals surface area contributed by atoms with Gasteiger partial charge in [-0.1, -0.05) is 111 Å². The summed E-state index contributed by atoms with van der Waals surface area (Å²) in [7, 11) is 0. The SMILES string of the molecule is CC1C=CC2=C(C1)N(c1ccccc1-c1cccc(C#N)c1-n1c3c(c4ccccc41)CC(C)c1oc4ccccc4c1-3)C1c3c(oc4ccccc34)CCC21. The summed E-state index contributed by atoms with van der Waals surface area (Å²) in [5.74, 6) is 3.13. The van der Waals surface area contributed by atoms with Gasteiger partial charge in [-0.25, -0.2) is 0 Å². The molecule has 5 nitrogen and oxygen atoms in total. The molecule has 0 spiro atoms. The lowest BCUT2D eigenvalue weighted by Crippen LogP contribution is -2.30. The second-order valence-electron chi connectivity index (χ2n) is 16.3. The fourth-order valence-electron chi connectivity index (χ4n) is 10.9. The Bertz CT molecular complexity index is 3070. The zero-order valence-corrected chi connectivity index (χ0v) is 31.4. The number of benzene rings is 5. The van der Waals surface area contributed by atoms with Gasteiger partial charge in [0.05, 0.1) is 28.5 Å². The van der Waals surface area contributed by atoms with Gasteiger partial charge in [0, 0.05) is 68.1 Å². The molecule has 0 N–H and O–H groups in total. The highest BCUT2D eigenvalue weighted by Gasteiger charge is 2.47. The van der Waals surface area contributed by atoms with E-state index in [1.165, 1.54) is 33.2 Å². The van der Waals surface area contributed by atoms with E-state index in [0.717, 1.165) is 93.0 Å². The third-order valence-electron chi connectivity index (χ3n) is 13.1. The molecule has 0 saturated carbocycles. The first kappa shape index (κ1) is 31.8. The lowest BCUT2D eigenvalue weighted by atomic mass is 9.78. The Kier molecular flexibility index (Phi) is 6.67.